The first-order valence-corrected chi connectivity index (χ1v) is 10.2. The smallest absolute Gasteiger partial charge is 0.378 e. The summed E-state index contributed by atoms with van der Waals surface area (Å²) in [7, 11) is 0. The molecule has 2 aromatic heterocycles. The summed E-state index contributed by atoms with van der Waals surface area (Å²) in [5.74, 6) is -0.145. The van der Waals surface area contributed by atoms with Gasteiger partial charge in [-0.3, -0.25) is 4.79 Å². The van der Waals surface area contributed by atoms with Crippen LogP contribution in [0.4, 0.5) is 19.0 Å². The molecule has 0 unspecified atom stereocenters. The lowest BCUT2D eigenvalue weighted by atomic mass is 10.2. The van der Waals surface area contributed by atoms with Crippen molar-refractivity contribution in [1.29, 1.82) is 0 Å². The van der Waals surface area contributed by atoms with Gasteiger partial charge in [-0.2, -0.15) is 18.3 Å². The van der Waals surface area contributed by atoms with Crippen LogP contribution in [0, 0.1) is 0 Å². The first-order chi connectivity index (χ1) is 15.3. The van der Waals surface area contributed by atoms with Gasteiger partial charge >= 0.3 is 6.18 Å². The molecule has 0 aliphatic carbocycles. The summed E-state index contributed by atoms with van der Waals surface area (Å²) in [6.07, 6.45) is -2.27. The maximum absolute atomic E-state index is 13.8. The van der Waals surface area contributed by atoms with Crippen molar-refractivity contribution in [2.75, 3.05) is 31.2 Å². The fourth-order valence-corrected chi connectivity index (χ4v) is 3.50. The Bertz CT molecular complexity index is 1100. The van der Waals surface area contributed by atoms with Gasteiger partial charge in [0.25, 0.3) is 5.91 Å². The summed E-state index contributed by atoms with van der Waals surface area (Å²) in [6.45, 7) is 2.63. The van der Waals surface area contributed by atoms with Crippen LogP contribution in [0.2, 0.25) is 5.02 Å². The SMILES string of the molecule is O=C(NCc1ccnc(N2CCOCC2)c1)c1cnn(-c2ccc(Cl)cc2)c1C(F)(F)F. The summed E-state index contributed by atoms with van der Waals surface area (Å²) in [6, 6.07) is 9.20. The molecule has 0 radical (unpaired) electrons. The summed E-state index contributed by atoms with van der Waals surface area (Å²) in [5, 5.41) is 6.72. The summed E-state index contributed by atoms with van der Waals surface area (Å²) in [4.78, 5) is 19.0. The zero-order valence-electron chi connectivity index (χ0n) is 16.8. The molecule has 1 aromatic carbocycles. The highest BCUT2D eigenvalue weighted by Crippen LogP contribution is 2.34. The van der Waals surface area contributed by atoms with E-state index in [-0.39, 0.29) is 12.2 Å². The maximum Gasteiger partial charge on any atom is 0.434 e. The Morgan fingerprint density at radius 2 is 1.88 bits per heavy atom. The molecule has 0 saturated carbocycles. The monoisotopic (exact) mass is 465 g/mol. The van der Waals surface area contributed by atoms with Gasteiger partial charge in [-0.15, -0.1) is 0 Å². The zero-order chi connectivity index (χ0) is 22.7. The van der Waals surface area contributed by atoms with Gasteiger partial charge in [0.15, 0.2) is 5.69 Å². The standard InChI is InChI=1S/C21H19ClF3N5O2/c22-15-1-3-16(4-2-15)30-19(21(23,24)25)17(13-28-30)20(31)27-12-14-5-6-26-18(11-14)29-7-9-32-10-8-29/h1-6,11,13H,7-10,12H2,(H,27,31). The number of rotatable bonds is 5. The second-order valence-electron chi connectivity index (χ2n) is 7.10. The number of hydrogen-bond acceptors (Lipinski definition) is 5. The number of ether oxygens (including phenoxy) is 1. The van der Waals surface area contributed by atoms with Crippen molar-refractivity contribution < 1.29 is 22.7 Å². The minimum Gasteiger partial charge on any atom is -0.378 e. The lowest BCUT2D eigenvalue weighted by Gasteiger charge is -2.28. The molecular formula is C21H19ClF3N5O2. The number of nitrogens with zero attached hydrogens (tertiary/aromatic N) is 4. The molecule has 0 atom stereocenters. The molecular weight excluding hydrogens is 447 g/mol. The maximum atomic E-state index is 13.8. The van der Waals surface area contributed by atoms with Crippen molar-refractivity contribution in [3.8, 4) is 5.69 Å². The number of carbonyl (C=O) groups excluding carboxylic acids is 1. The molecule has 0 bridgehead atoms. The van der Waals surface area contributed by atoms with Gasteiger partial charge in [0.05, 0.1) is 30.7 Å². The Hall–Kier alpha value is -3.11. The number of aromatic nitrogens is 3. The van der Waals surface area contributed by atoms with Crippen molar-refractivity contribution in [3.05, 3.63) is 70.6 Å². The quantitative estimate of drug-likeness (QED) is 0.622. The van der Waals surface area contributed by atoms with Gasteiger partial charge < -0.3 is 15.0 Å². The lowest BCUT2D eigenvalue weighted by Crippen LogP contribution is -2.36. The molecule has 1 aliphatic rings. The predicted octanol–water partition coefficient (Wildman–Crippen LogP) is 3.71. The Morgan fingerprint density at radius 3 is 2.56 bits per heavy atom. The van der Waals surface area contributed by atoms with Gasteiger partial charge in [0, 0.05) is 30.9 Å². The molecule has 4 rings (SSSR count). The summed E-state index contributed by atoms with van der Waals surface area (Å²) in [5.41, 5.74) is -0.852. The van der Waals surface area contributed by atoms with Crippen LogP contribution in [0.25, 0.3) is 5.69 Å². The number of amides is 1. The molecule has 1 fully saturated rings. The van der Waals surface area contributed by atoms with E-state index in [0.29, 0.717) is 41.6 Å². The number of benzene rings is 1. The molecule has 1 amide bonds. The summed E-state index contributed by atoms with van der Waals surface area (Å²) < 4.78 is 47.4. The van der Waals surface area contributed by atoms with Crippen molar-refractivity contribution >= 4 is 23.3 Å². The molecule has 3 aromatic rings. The van der Waals surface area contributed by atoms with Gasteiger partial charge in [-0.05, 0) is 42.0 Å². The molecule has 3 heterocycles. The molecule has 168 valence electrons. The minimum absolute atomic E-state index is 0.0438. The highest BCUT2D eigenvalue weighted by atomic mass is 35.5. The highest BCUT2D eigenvalue weighted by Gasteiger charge is 2.40. The number of halogens is 4. The van der Waals surface area contributed by atoms with E-state index in [0.717, 1.165) is 12.0 Å². The predicted molar refractivity (Wildman–Crippen MR) is 112 cm³/mol. The number of alkyl halides is 3. The van der Waals surface area contributed by atoms with Gasteiger partial charge in [-0.25, -0.2) is 9.67 Å². The van der Waals surface area contributed by atoms with E-state index in [9.17, 15) is 18.0 Å². The molecule has 0 spiro atoms. The number of hydrogen-bond donors (Lipinski definition) is 1. The van der Waals surface area contributed by atoms with Crippen LogP contribution in [0.15, 0.2) is 48.8 Å². The lowest BCUT2D eigenvalue weighted by molar-refractivity contribution is -0.143. The second kappa shape index (κ2) is 9.17. The number of carbonyl (C=O) groups is 1. The van der Waals surface area contributed by atoms with Crippen LogP contribution < -0.4 is 10.2 Å². The molecule has 1 aliphatic heterocycles. The van der Waals surface area contributed by atoms with E-state index in [2.05, 4.69) is 15.4 Å². The Morgan fingerprint density at radius 1 is 1.16 bits per heavy atom. The van der Waals surface area contributed by atoms with Crippen molar-refractivity contribution in [1.82, 2.24) is 20.1 Å². The van der Waals surface area contributed by atoms with E-state index < -0.39 is 23.3 Å². The first kappa shape index (κ1) is 22.1. The topological polar surface area (TPSA) is 72.3 Å². The Kier molecular flexibility index (Phi) is 6.33. The normalized spacial score (nSPS) is 14.4. The van der Waals surface area contributed by atoms with Crippen LogP contribution in [0.5, 0.6) is 0 Å². The first-order valence-electron chi connectivity index (χ1n) is 9.80. The van der Waals surface area contributed by atoms with Gasteiger partial charge in [0.2, 0.25) is 0 Å². The number of nitrogens with one attached hydrogen (secondary N) is 1. The van der Waals surface area contributed by atoms with E-state index in [1.165, 1.54) is 24.3 Å². The fraction of sp³-hybridized carbons (Fsp3) is 0.286. The van der Waals surface area contributed by atoms with E-state index in [4.69, 9.17) is 16.3 Å². The van der Waals surface area contributed by atoms with Crippen molar-refractivity contribution in [2.45, 2.75) is 12.7 Å². The van der Waals surface area contributed by atoms with Crippen LogP contribution in [-0.4, -0.2) is 47.0 Å². The molecule has 7 nitrogen and oxygen atoms in total. The third-order valence-corrected chi connectivity index (χ3v) is 5.20. The highest BCUT2D eigenvalue weighted by molar-refractivity contribution is 6.30. The summed E-state index contributed by atoms with van der Waals surface area (Å²) >= 11 is 5.81. The Balaban J connectivity index is 1.53. The largest absolute Gasteiger partial charge is 0.434 e. The molecule has 1 N–H and O–H groups in total. The molecule has 1 saturated heterocycles. The van der Waals surface area contributed by atoms with Crippen LogP contribution in [-0.2, 0) is 17.5 Å². The van der Waals surface area contributed by atoms with Gasteiger partial charge in [-0.1, -0.05) is 11.6 Å². The van der Waals surface area contributed by atoms with Crippen molar-refractivity contribution in [3.63, 3.8) is 0 Å². The second-order valence-corrected chi connectivity index (χ2v) is 7.53. The minimum atomic E-state index is -4.79. The van der Waals surface area contributed by atoms with Crippen LogP contribution in [0.1, 0.15) is 21.6 Å². The van der Waals surface area contributed by atoms with E-state index in [1.54, 1.807) is 18.3 Å². The van der Waals surface area contributed by atoms with Crippen LogP contribution >= 0.6 is 11.6 Å². The third-order valence-electron chi connectivity index (χ3n) is 4.95. The fourth-order valence-electron chi connectivity index (χ4n) is 3.38. The van der Waals surface area contributed by atoms with Gasteiger partial charge in [0.1, 0.15) is 5.82 Å². The van der Waals surface area contributed by atoms with Crippen molar-refractivity contribution in [2.24, 2.45) is 0 Å². The number of pyridine rings is 1. The number of anilines is 1. The third kappa shape index (κ3) is 4.86. The molecule has 11 heteroatoms. The molecule has 32 heavy (non-hydrogen) atoms. The number of morpholine rings is 1. The average Bonchev–Trinajstić information content (AvgIpc) is 3.25. The zero-order valence-corrected chi connectivity index (χ0v) is 17.5. The van der Waals surface area contributed by atoms with E-state index in [1.807, 2.05) is 4.90 Å². The average molecular weight is 466 g/mol. The Labute approximate surface area is 186 Å². The van der Waals surface area contributed by atoms with Crippen LogP contribution in [0.3, 0.4) is 0 Å². The van der Waals surface area contributed by atoms with E-state index >= 15 is 0 Å².